The Hall–Kier alpha value is -8.23. The quantitative estimate of drug-likeness (QED) is 0.0342. The molecule has 350 valence electrons. The van der Waals surface area contributed by atoms with Crippen LogP contribution in [0.3, 0.4) is 0 Å². The molecule has 1 aliphatic rings. The van der Waals surface area contributed by atoms with Gasteiger partial charge in [-0.05, 0) is 38.3 Å². The zero-order chi connectivity index (χ0) is 48.0. The van der Waals surface area contributed by atoms with Crippen molar-refractivity contribution in [1.29, 1.82) is 5.26 Å². The third-order valence-corrected chi connectivity index (χ3v) is 9.48. The van der Waals surface area contributed by atoms with Gasteiger partial charge in [-0.2, -0.15) is 10.4 Å². The lowest BCUT2D eigenvalue weighted by Gasteiger charge is -2.22. The maximum atomic E-state index is 13.4. The molecule has 0 saturated carbocycles. The van der Waals surface area contributed by atoms with E-state index in [0.29, 0.717) is 53.7 Å². The largest absolute Gasteiger partial charge is 0.496 e. The molecule has 4 rings (SSSR count). The number of Topliss-reactive ketones (excluding diaryl/α,β-unsaturated/α-hetero) is 1. The van der Waals surface area contributed by atoms with E-state index in [1.165, 1.54) is 45.6 Å². The highest BCUT2D eigenvalue weighted by Crippen LogP contribution is 2.38. The molecule has 24 heteroatoms. The fraction of sp³-hybridized carbons (Fsp3) is 0.405. The highest BCUT2D eigenvalue weighted by atomic mass is 16.5. The molecule has 1 aliphatic heterocycles. The van der Waals surface area contributed by atoms with Gasteiger partial charge >= 0.3 is 0 Å². The number of carbonyl (C=O) groups excluding carboxylic acids is 9. The number of carbonyl (C=O) groups is 9. The minimum atomic E-state index is -1.47. The molecule has 2 atom stereocenters. The van der Waals surface area contributed by atoms with E-state index >= 15 is 0 Å². The number of benzene rings is 1. The zero-order valence-corrected chi connectivity index (χ0v) is 36.5. The van der Waals surface area contributed by atoms with Gasteiger partial charge in [0, 0.05) is 51.2 Å². The Morgan fingerprint density at radius 3 is 2.20 bits per heavy atom. The highest BCUT2D eigenvalue weighted by Gasteiger charge is 2.29. The first-order valence-corrected chi connectivity index (χ1v) is 20.7. The second-order valence-electron chi connectivity index (χ2n) is 14.5. The number of nitrogens with one attached hydrogen (secondary N) is 8. The van der Waals surface area contributed by atoms with Gasteiger partial charge in [-0.15, -0.1) is 0 Å². The number of amides is 8. The predicted octanol–water partition coefficient (Wildman–Crippen LogP) is -0.822. The summed E-state index contributed by atoms with van der Waals surface area (Å²) in [5.41, 5.74) is 1.24. The number of H-pyrrole nitrogens is 1. The maximum absolute atomic E-state index is 13.4. The number of aromatic amines is 1. The smallest absolute Gasteiger partial charge is 0.253 e. The lowest BCUT2D eigenvalue weighted by molar-refractivity contribution is -0.137. The van der Waals surface area contributed by atoms with Crippen LogP contribution in [0.15, 0.2) is 48.8 Å². The molecule has 2 aromatic heterocycles. The number of nitrogens with zero attached hydrogens (tertiary/aromatic N) is 5. The van der Waals surface area contributed by atoms with Crippen LogP contribution in [0.2, 0.25) is 0 Å². The van der Waals surface area contributed by atoms with Crippen LogP contribution in [0.25, 0.3) is 11.3 Å². The normalized spacial score (nSPS) is 12.5. The van der Waals surface area contributed by atoms with Crippen molar-refractivity contribution in [3.63, 3.8) is 0 Å². The summed E-state index contributed by atoms with van der Waals surface area (Å²) >= 11 is 0. The summed E-state index contributed by atoms with van der Waals surface area (Å²) in [5, 5.41) is 33.7. The van der Waals surface area contributed by atoms with Gasteiger partial charge < -0.3 is 46.7 Å². The van der Waals surface area contributed by atoms with E-state index in [4.69, 9.17) is 14.7 Å². The van der Waals surface area contributed by atoms with E-state index in [1.807, 2.05) is 6.07 Å². The topological polar surface area (TPSA) is 338 Å². The first-order valence-electron chi connectivity index (χ1n) is 20.7. The van der Waals surface area contributed by atoms with Crippen LogP contribution < -0.4 is 46.7 Å². The average molecular weight is 914 g/mol. The predicted molar refractivity (Wildman–Crippen MR) is 232 cm³/mol. The summed E-state index contributed by atoms with van der Waals surface area (Å²) in [6.45, 7) is 0.527. The molecule has 0 radical (unpaired) electrons. The van der Waals surface area contributed by atoms with Crippen molar-refractivity contribution in [2.75, 3.05) is 52.3 Å². The number of ketones is 1. The summed E-state index contributed by atoms with van der Waals surface area (Å²) in [4.78, 5) is 121. The number of nitriles is 1. The Morgan fingerprint density at radius 2 is 1.52 bits per heavy atom. The Bertz CT molecular complexity index is 2310. The van der Waals surface area contributed by atoms with Crippen molar-refractivity contribution in [3.05, 3.63) is 54.5 Å². The molecule has 24 nitrogen and oxygen atoms in total. The number of methoxy groups -OCH3 is 1. The van der Waals surface area contributed by atoms with E-state index in [0.717, 1.165) is 4.90 Å². The summed E-state index contributed by atoms with van der Waals surface area (Å²) in [6, 6.07) is 5.89. The van der Waals surface area contributed by atoms with E-state index in [9.17, 15) is 43.2 Å². The van der Waals surface area contributed by atoms with Crippen LogP contribution in [0.4, 0.5) is 11.6 Å². The van der Waals surface area contributed by atoms with Crippen molar-refractivity contribution in [3.8, 4) is 28.8 Å². The van der Waals surface area contributed by atoms with Gasteiger partial charge in [-0.25, -0.2) is 9.97 Å². The van der Waals surface area contributed by atoms with Crippen molar-refractivity contribution in [2.24, 2.45) is 0 Å². The monoisotopic (exact) mass is 913 g/mol. The molecule has 3 heterocycles. The van der Waals surface area contributed by atoms with Crippen molar-refractivity contribution in [2.45, 2.75) is 64.0 Å². The van der Waals surface area contributed by atoms with Crippen LogP contribution in [0.5, 0.6) is 11.5 Å². The van der Waals surface area contributed by atoms with E-state index in [1.54, 1.807) is 24.3 Å². The van der Waals surface area contributed by atoms with Crippen LogP contribution in [0.1, 0.15) is 57.6 Å². The van der Waals surface area contributed by atoms with Crippen LogP contribution >= 0.6 is 0 Å². The van der Waals surface area contributed by atoms with Crippen molar-refractivity contribution >= 4 is 64.7 Å². The van der Waals surface area contributed by atoms with E-state index < -0.39 is 79.2 Å². The molecule has 8 N–H and O–H groups in total. The molecule has 8 amide bonds. The van der Waals surface area contributed by atoms with Gasteiger partial charge in [0.25, 0.3) is 11.8 Å². The summed E-state index contributed by atoms with van der Waals surface area (Å²) < 4.78 is 11.6. The fourth-order valence-electron chi connectivity index (χ4n) is 6.15. The Balaban J connectivity index is 1.23. The number of hydrogen-bond acceptors (Lipinski definition) is 16. The van der Waals surface area contributed by atoms with Crippen LogP contribution in [-0.2, 0) is 43.2 Å². The molecule has 0 spiro atoms. The Morgan fingerprint density at radius 1 is 0.803 bits per heavy atom. The molecule has 0 aliphatic carbocycles. The van der Waals surface area contributed by atoms with Gasteiger partial charge in [0.1, 0.15) is 41.3 Å². The fourth-order valence-corrected chi connectivity index (χ4v) is 6.15. The van der Waals surface area contributed by atoms with Crippen LogP contribution in [-0.4, -0.2) is 137 Å². The number of anilines is 2. The summed E-state index contributed by atoms with van der Waals surface area (Å²) in [6.07, 6.45) is 6.03. The number of rotatable bonds is 27. The molecule has 0 unspecified atom stereocenters. The lowest BCUT2D eigenvalue weighted by atomic mass is 10.1. The highest BCUT2D eigenvalue weighted by molar-refractivity contribution is 6.12. The Kier molecular flexibility index (Phi) is 19.7. The lowest BCUT2D eigenvalue weighted by Crippen LogP contribution is -2.56. The molecule has 0 saturated heterocycles. The third kappa shape index (κ3) is 16.2. The zero-order valence-electron chi connectivity index (χ0n) is 36.5. The van der Waals surface area contributed by atoms with Gasteiger partial charge in [-0.1, -0.05) is 12.5 Å². The number of imide groups is 1. The molecular formula is C42H51N13O11. The standard InChI is InChI=1S/C42H51N13O11/c1-25(56)17-28(50-37(60)24-49-36(59)23-48-34(57)11-5-4-6-15-55-38(61)12-13-39(55)62)42(64)51-29(19-35(58)44-2)41(63)45-14-8-16-66-31-10-7-9-30(65-3)40(31)27-18-32(54-53-27)52-33-22-46-26(20-43)21-47-33/h7,9-10,12-13,18,21-22,28-29H,4-6,8,11,14-17,19,23-24H2,1-3H3,(H,44,58)(H,45,63)(H,48,57)(H,49,59)(H,50,60)(H,51,64)(H2,47,52,53,54)/t28-,29-/m0/s1. The third-order valence-electron chi connectivity index (χ3n) is 9.48. The van der Waals surface area contributed by atoms with Gasteiger partial charge in [0.2, 0.25) is 35.4 Å². The first-order chi connectivity index (χ1) is 31.7. The molecule has 1 aromatic carbocycles. The van der Waals surface area contributed by atoms with Gasteiger partial charge in [0.05, 0.1) is 56.9 Å². The second kappa shape index (κ2) is 25.8. The molecule has 66 heavy (non-hydrogen) atoms. The minimum absolute atomic E-state index is 0.0546. The van der Waals surface area contributed by atoms with Crippen molar-refractivity contribution < 1.29 is 52.6 Å². The van der Waals surface area contributed by atoms with Gasteiger partial charge in [-0.3, -0.25) is 53.1 Å². The molecule has 0 bridgehead atoms. The first kappa shape index (κ1) is 50.4. The van der Waals surface area contributed by atoms with Crippen molar-refractivity contribution in [1.82, 2.24) is 57.0 Å². The summed E-state index contributed by atoms with van der Waals surface area (Å²) in [5.74, 6) is -3.82. The second-order valence-corrected chi connectivity index (χ2v) is 14.5. The maximum Gasteiger partial charge on any atom is 0.253 e. The number of ether oxygens (including phenoxy) is 2. The van der Waals surface area contributed by atoms with Gasteiger partial charge in [0.15, 0.2) is 11.5 Å². The van der Waals surface area contributed by atoms with E-state index in [2.05, 4.69) is 57.4 Å². The Labute approximate surface area is 378 Å². The summed E-state index contributed by atoms with van der Waals surface area (Å²) in [7, 11) is 2.84. The van der Waals surface area contributed by atoms with E-state index in [-0.39, 0.29) is 50.0 Å². The van der Waals surface area contributed by atoms with Crippen LogP contribution in [0, 0.1) is 11.3 Å². The molecule has 0 fully saturated rings. The molecule has 3 aromatic rings. The number of hydrogen-bond donors (Lipinski definition) is 8. The average Bonchev–Trinajstić information content (AvgIpc) is 3.90. The number of aromatic nitrogens is 4. The SMILES string of the molecule is CNC(=O)C[C@H](NC(=O)[C@H](CC(C)=O)NC(=O)CNC(=O)CNC(=O)CCCCCN1C(=O)C=CC1=O)C(=O)NCCCOc1cccc(OC)c1-c1cc(Nc2cnc(C#N)cn2)n[nH]1. The number of unbranched alkanes of at least 4 members (excludes halogenated alkanes) is 2. The minimum Gasteiger partial charge on any atom is -0.496 e. The molecular weight excluding hydrogens is 863 g/mol.